The van der Waals surface area contributed by atoms with E-state index in [2.05, 4.69) is 4.74 Å². The predicted octanol–water partition coefficient (Wildman–Crippen LogP) is 1.56. The Kier molecular flexibility index (Phi) is 5.03. The lowest BCUT2D eigenvalue weighted by Gasteiger charge is -2.06. The highest BCUT2D eigenvalue weighted by atomic mass is 16.7. The van der Waals surface area contributed by atoms with E-state index in [1.54, 1.807) is 12.1 Å². The van der Waals surface area contributed by atoms with Crippen molar-refractivity contribution in [1.82, 2.24) is 0 Å². The minimum Gasteiger partial charge on any atom is -0.507 e. The van der Waals surface area contributed by atoms with E-state index in [9.17, 15) is 9.90 Å². The second-order valence-corrected chi connectivity index (χ2v) is 3.13. The molecule has 0 aliphatic carbocycles. The molecule has 1 aromatic carbocycles. The van der Waals surface area contributed by atoms with Crippen molar-refractivity contribution in [2.24, 2.45) is 0 Å². The first-order valence-electron chi connectivity index (χ1n) is 4.88. The van der Waals surface area contributed by atoms with E-state index in [-0.39, 0.29) is 12.5 Å². The van der Waals surface area contributed by atoms with Gasteiger partial charge in [0.1, 0.15) is 11.5 Å². The molecule has 0 fully saturated rings. The van der Waals surface area contributed by atoms with Crippen LogP contribution in [0, 0.1) is 0 Å². The number of ether oxygens (including phenoxy) is 3. The van der Waals surface area contributed by atoms with Gasteiger partial charge in [-0.05, 0) is 18.2 Å². The minimum absolute atomic E-state index is 0.0127. The number of carbonyl (C=O) groups excluding carboxylic acids is 1. The molecule has 0 aliphatic rings. The first-order valence-corrected chi connectivity index (χ1v) is 4.88. The number of phenolic OH excluding ortho intramolecular Hbond substituents is 1. The number of benzene rings is 1. The molecule has 0 radical (unpaired) electrons. The summed E-state index contributed by atoms with van der Waals surface area (Å²) in [6.07, 6.45) is 2.69. The van der Waals surface area contributed by atoms with Gasteiger partial charge in [-0.3, -0.25) is 0 Å². The maximum absolute atomic E-state index is 10.9. The van der Waals surface area contributed by atoms with Crippen molar-refractivity contribution in [1.29, 1.82) is 0 Å². The van der Waals surface area contributed by atoms with E-state index in [0.29, 0.717) is 11.3 Å². The summed E-state index contributed by atoms with van der Waals surface area (Å²) in [4.78, 5) is 10.9. The lowest BCUT2D eigenvalue weighted by molar-refractivity contribution is -0.134. The standard InChI is InChI=1S/C12H14O5/c1-15-8-17-10-5-3-9(11(13)7-10)4-6-12(14)16-2/h3-7,13H,8H2,1-2H3/b6-4+. The molecule has 0 saturated heterocycles. The Balaban J connectivity index is 2.75. The van der Waals surface area contributed by atoms with Crippen molar-refractivity contribution in [3.63, 3.8) is 0 Å². The number of hydrogen-bond acceptors (Lipinski definition) is 5. The average molecular weight is 238 g/mol. The van der Waals surface area contributed by atoms with Crippen LogP contribution in [0.25, 0.3) is 6.08 Å². The number of rotatable bonds is 5. The van der Waals surface area contributed by atoms with E-state index in [0.717, 1.165) is 0 Å². The zero-order valence-corrected chi connectivity index (χ0v) is 9.67. The average Bonchev–Trinajstić information content (AvgIpc) is 2.34. The van der Waals surface area contributed by atoms with Crippen molar-refractivity contribution in [2.45, 2.75) is 0 Å². The number of methoxy groups -OCH3 is 2. The van der Waals surface area contributed by atoms with Gasteiger partial charge in [0, 0.05) is 24.8 Å². The molecule has 0 aliphatic heterocycles. The molecule has 0 amide bonds. The molecule has 5 heteroatoms. The molecule has 0 bridgehead atoms. The molecule has 0 spiro atoms. The molecule has 0 aromatic heterocycles. The monoisotopic (exact) mass is 238 g/mol. The van der Waals surface area contributed by atoms with Gasteiger partial charge in [-0.25, -0.2) is 4.79 Å². The van der Waals surface area contributed by atoms with Crippen molar-refractivity contribution in [3.8, 4) is 11.5 Å². The molecule has 92 valence electrons. The molecule has 17 heavy (non-hydrogen) atoms. The van der Waals surface area contributed by atoms with Crippen LogP contribution in [0.5, 0.6) is 11.5 Å². The third kappa shape index (κ3) is 4.16. The van der Waals surface area contributed by atoms with Gasteiger partial charge >= 0.3 is 5.97 Å². The van der Waals surface area contributed by atoms with E-state index >= 15 is 0 Å². The highest BCUT2D eigenvalue weighted by Crippen LogP contribution is 2.24. The fourth-order valence-electron chi connectivity index (χ4n) is 1.11. The summed E-state index contributed by atoms with van der Waals surface area (Å²) in [5, 5.41) is 9.65. The van der Waals surface area contributed by atoms with E-state index in [4.69, 9.17) is 9.47 Å². The van der Waals surface area contributed by atoms with Crippen molar-refractivity contribution >= 4 is 12.0 Å². The van der Waals surface area contributed by atoms with E-state index in [1.807, 2.05) is 0 Å². The largest absolute Gasteiger partial charge is 0.507 e. The fraction of sp³-hybridized carbons (Fsp3) is 0.250. The van der Waals surface area contributed by atoms with Crippen LogP contribution in [0.2, 0.25) is 0 Å². The summed E-state index contributed by atoms with van der Waals surface area (Å²) < 4.78 is 14.3. The van der Waals surface area contributed by atoms with Gasteiger partial charge in [-0.2, -0.15) is 0 Å². The summed E-state index contributed by atoms with van der Waals surface area (Å²) in [6.45, 7) is 0.108. The summed E-state index contributed by atoms with van der Waals surface area (Å²) in [7, 11) is 2.79. The van der Waals surface area contributed by atoms with Crippen molar-refractivity contribution < 1.29 is 24.1 Å². The predicted molar refractivity (Wildman–Crippen MR) is 61.7 cm³/mol. The minimum atomic E-state index is -0.482. The second kappa shape index (κ2) is 6.55. The molecule has 1 N–H and O–H groups in total. The normalized spacial score (nSPS) is 10.5. The Bertz CT molecular complexity index is 411. The highest BCUT2D eigenvalue weighted by molar-refractivity contribution is 5.87. The van der Waals surface area contributed by atoms with Crippen LogP contribution < -0.4 is 4.74 Å². The Labute approximate surface area is 99.2 Å². The molecular weight excluding hydrogens is 224 g/mol. The zero-order chi connectivity index (χ0) is 12.7. The van der Waals surface area contributed by atoms with E-state index in [1.165, 1.54) is 32.4 Å². The molecule has 0 unspecified atom stereocenters. The summed E-state index contributed by atoms with van der Waals surface area (Å²) in [5.41, 5.74) is 0.500. The SMILES string of the molecule is COCOc1ccc(/C=C/C(=O)OC)c(O)c1. The number of phenols is 1. The molecule has 0 heterocycles. The van der Waals surface area contributed by atoms with Gasteiger partial charge in [0.2, 0.25) is 0 Å². The quantitative estimate of drug-likeness (QED) is 0.479. The number of aromatic hydroxyl groups is 1. The van der Waals surface area contributed by atoms with Gasteiger partial charge in [0.05, 0.1) is 7.11 Å². The van der Waals surface area contributed by atoms with Gasteiger partial charge in [-0.15, -0.1) is 0 Å². The van der Waals surface area contributed by atoms with E-state index < -0.39 is 5.97 Å². The lowest BCUT2D eigenvalue weighted by Crippen LogP contribution is -1.98. The van der Waals surface area contributed by atoms with Crippen LogP contribution in [-0.4, -0.2) is 32.1 Å². The third-order valence-electron chi connectivity index (χ3n) is 1.95. The number of esters is 1. The molecule has 1 aromatic rings. The lowest BCUT2D eigenvalue weighted by atomic mass is 10.2. The number of carbonyl (C=O) groups is 1. The van der Waals surface area contributed by atoms with Gasteiger partial charge in [-0.1, -0.05) is 0 Å². The highest BCUT2D eigenvalue weighted by Gasteiger charge is 2.01. The first-order chi connectivity index (χ1) is 8.17. The van der Waals surface area contributed by atoms with Crippen molar-refractivity contribution in [3.05, 3.63) is 29.8 Å². The molecular formula is C12H14O5. The zero-order valence-electron chi connectivity index (χ0n) is 9.67. The summed E-state index contributed by atoms with van der Waals surface area (Å²) in [6, 6.07) is 4.73. The molecule has 0 atom stereocenters. The Morgan fingerprint density at radius 2 is 2.18 bits per heavy atom. The maximum atomic E-state index is 10.9. The Hall–Kier alpha value is -2.01. The van der Waals surface area contributed by atoms with Crippen LogP contribution in [0.4, 0.5) is 0 Å². The van der Waals surface area contributed by atoms with Gasteiger partial charge in [0.15, 0.2) is 6.79 Å². The molecule has 1 rings (SSSR count). The topological polar surface area (TPSA) is 65.0 Å². The van der Waals surface area contributed by atoms with Crippen molar-refractivity contribution in [2.75, 3.05) is 21.0 Å². The molecule has 5 nitrogen and oxygen atoms in total. The van der Waals surface area contributed by atoms with Crippen LogP contribution in [0.15, 0.2) is 24.3 Å². The number of hydrogen-bond donors (Lipinski definition) is 1. The van der Waals surface area contributed by atoms with Crippen LogP contribution >= 0.6 is 0 Å². The summed E-state index contributed by atoms with van der Waals surface area (Å²) >= 11 is 0. The van der Waals surface area contributed by atoms with Gasteiger partial charge < -0.3 is 19.3 Å². The van der Waals surface area contributed by atoms with Crippen LogP contribution in [0.1, 0.15) is 5.56 Å². The smallest absolute Gasteiger partial charge is 0.330 e. The second-order valence-electron chi connectivity index (χ2n) is 3.13. The third-order valence-corrected chi connectivity index (χ3v) is 1.95. The first kappa shape index (κ1) is 13.1. The molecule has 0 saturated carbocycles. The summed E-state index contributed by atoms with van der Waals surface area (Å²) in [5.74, 6) is 0.0161. The van der Waals surface area contributed by atoms with Crippen LogP contribution in [-0.2, 0) is 14.3 Å². The fourth-order valence-corrected chi connectivity index (χ4v) is 1.11. The van der Waals surface area contributed by atoms with Crippen LogP contribution in [0.3, 0.4) is 0 Å². The Morgan fingerprint density at radius 1 is 1.41 bits per heavy atom. The van der Waals surface area contributed by atoms with Gasteiger partial charge in [0.25, 0.3) is 0 Å². The maximum Gasteiger partial charge on any atom is 0.330 e. The Morgan fingerprint density at radius 3 is 2.76 bits per heavy atom.